The molecule has 0 bridgehead atoms. The molecule has 2 heteroatoms. The van der Waals surface area contributed by atoms with Gasteiger partial charge in [-0.2, -0.15) is 0 Å². The highest BCUT2D eigenvalue weighted by Crippen LogP contribution is 2.17. The zero-order chi connectivity index (χ0) is 8.10. The average molecular weight is 166 g/mol. The van der Waals surface area contributed by atoms with Crippen LogP contribution >= 0.6 is 11.8 Å². The van der Waals surface area contributed by atoms with Crippen molar-refractivity contribution in [2.75, 3.05) is 5.75 Å². The molecule has 1 aromatic rings. The van der Waals surface area contributed by atoms with Crippen molar-refractivity contribution in [2.24, 2.45) is 0 Å². The Morgan fingerprint density at radius 1 is 1.55 bits per heavy atom. The largest absolute Gasteiger partial charge is 0.302 e. The highest BCUT2D eigenvalue weighted by molar-refractivity contribution is 7.99. The molecule has 0 spiro atoms. The van der Waals surface area contributed by atoms with Crippen molar-refractivity contribution in [1.82, 2.24) is 0 Å². The van der Waals surface area contributed by atoms with Crippen molar-refractivity contribution in [3.8, 4) is 0 Å². The highest BCUT2D eigenvalue weighted by atomic mass is 32.2. The van der Waals surface area contributed by atoms with E-state index in [0.29, 0.717) is 5.75 Å². The number of aryl methyl sites for hydroxylation is 1. The Bertz CT molecular complexity index is 245. The molecule has 0 unspecified atom stereocenters. The topological polar surface area (TPSA) is 17.1 Å². The predicted molar refractivity (Wildman–Crippen MR) is 48.0 cm³/mol. The van der Waals surface area contributed by atoms with Crippen LogP contribution in [-0.2, 0) is 4.79 Å². The Balaban J connectivity index is 2.63. The maximum atomic E-state index is 10.0. The van der Waals surface area contributed by atoms with Crippen molar-refractivity contribution < 1.29 is 4.79 Å². The summed E-state index contributed by atoms with van der Waals surface area (Å²) in [5, 5.41) is 0. The fourth-order valence-electron chi connectivity index (χ4n) is 0.835. The standard InChI is InChI=1S/C9H10OS/c1-8-3-2-4-9(7-8)11-6-5-10/h2-5,7H,6H2,1H3. The van der Waals surface area contributed by atoms with E-state index in [4.69, 9.17) is 0 Å². The van der Waals surface area contributed by atoms with Gasteiger partial charge in [0.1, 0.15) is 6.29 Å². The Kier molecular flexibility index (Phi) is 3.17. The SMILES string of the molecule is Cc1cccc(SCC=O)c1. The molecule has 1 aromatic carbocycles. The van der Waals surface area contributed by atoms with E-state index in [-0.39, 0.29) is 0 Å². The fourth-order valence-corrected chi connectivity index (χ4v) is 1.54. The van der Waals surface area contributed by atoms with Gasteiger partial charge in [-0.15, -0.1) is 11.8 Å². The van der Waals surface area contributed by atoms with Gasteiger partial charge >= 0.3 is 0 Å². The van der Waals surface area contributed by atoms with Crippen molar-refractivity contribution in [1.29, 1.82) is 0 Å². The minimum Gasteiger partial charge on any atom is -0.302 e. The van der Waals surface area contributed by atoms with Gasteiger partial charge in [0.25, 0.3) is 0 Å². The van der Waals surface area contributed by atoms with Crippen LogP contribution in [0.5, 0.6) is 0 Å². The average Bonchev–Trinajstić information content (AvgIpc) is 2.01. The molecule has 0 fully saturated rings. The lowest BCUT2D eigenvalue weighted by atomic mass is 10.2. The molecule has 0 aliphatic carbocycles. The molecule has 0 aliphatic heterocycles. The Morgan fingerprint density at radius 2 is 2.36 bits per heavy atom. The summed E-state index contributed by atoms with van der Waals surface area (Å²) in [7, 11) is 0. The minimum absolute atomic E-state index is 0.545. The summed E-state index contributed by atoms with van der Waals surface area (Å²) in [6.07, 6.45) is 0.924. The van der Waals surface area contributed by atoms with Crippen molar-refractivity contribution in [3.63, 3.8) is 0 Å². The number of benzene rings is 1. The Labute approximate surface area is 70.8 Å². The van der Waals surface area contributed by atoms with E-state index in [1.165, 1.54) is 5.56 Å². The Hall–Kier alpha value is -0.760. The normalized spacial score (nSPS) is 9.55. The van der Waals surface area contributed by atoms with E-state index < -0.39 is 0 Å². The van der Waals surface area contributed by atoms with E-state index in [1.807, 2.05) is 25.1 Å². The van der Waals surface area contributed by atoms with Gasteiger partial charge in [-0.25, -0.2) is 0 Å². The molecule has 0 aliphatic rings. The number of rotatable bonds is 3. The molecule has 58 valence electrons. The van der Waals surface area contributed by atoms with E-state index in [0.717, 1.165) is 11.2 Å². The van der Waals surface area contributed by atoms with Gasteiger partial charge in [-0.3, -0.25) is 0 Å². The van der Waals surface area contributed by atoms with Crippen LogP contribution in [0.4, 0.5) is 0 Å². The third-order valence-corrected chi connectivity index (χ3v) is 2.20. The quantitative estimate of drug-likeness (QED) is 0.506. The number of thioether (sulfide) groups is 1. The van der Waals surface area contributed by atoms with E-state index in [9.17, 15) is 4.79 Å². The predicted octanol–water partition coefficient (Wildman–Crippen LogP) is 2.29. The molecule has 0 amide bonds. The monoisotopic (exact) mass is 166 g/mol. The molecule has 0 heterocycles. The van der Waals surface area contributed by atoms with Crippen LogP contribution in [0.15, 0.2) is 29.2 Å². The Morgan fingerprint density at radius 3 is 3.00 bits per heavy atom. The van der Waals surface area contributed by atoms with Crippen molar-refractivity contribution >= 4 is 18.0 Å². The van der Waals surface area contributed by atoms with Crippen LogP contribution in [-0.4, -0.2) is 12.0 Å². The second-order valence-electron chi connectivity index (χ2n) is 2.29. The minimum atomic E-state index is 0.545. The van der Waals surface area contributed by atoms with Gasteiger partial charge in [0, 0.05) is 4.90 Å². The van der Waals surface area contributed by atoms with Gasteiger partial charge in [0.05, 0.1) is 5.75 Å². The first kappa shape index (κ1) is 8.34. The summed E-state index contributed by atoms with van der Waals surface area (Å²) < 4.78 is 0. The zero-order valence-electron chi connectivity index (χ0n) is 6.41. The first-order chi connectivity index (χ1) is 5.33. The third kappa shape index (κ3) is 2.76. The van der Waals surface area contributed by atoms with E-state index >= 15 is 0 Å². The van der Waals surface area contributed by atoms with Gasteiger partial charge in [0.15, 0.2) is 0 Å². The van der Waals surface area contributed by atoms with Gasteiger partial charge in [-0.05, 0) is 19.1 Å². The summed E-state index contributed by atoms with van der Waals surface area (Å²) in [6.45, 7) is 2.05. The molecule has 0 atom stereocenters. The van der Waals surface area contributed by atoms with Gasteiger partial charge < -0.3 is 4.79 Å². The summed E-state index contributed by atoms with van der Waals surface area (Å²) >= 11 is 1.57. The summed E-state index contributed by atoms with van der Waals surface area (Å²) in [4.78, 5) is 11.2. The number of hydrogen-bond acceptors (Lipinski definition) is 2. The van der Waals surface area contributed by atoms with Crippen LogP contribution in [0, 0.1) is 6.92 Å². The molecule has 1 rings (SSSR count). The first-order valence-corrected chi connectivity index (χ1v) is 4.44. The summed E-state index contributed by atoms with van der Waals surface area (Å²) in [6, 6.07) is 8.14. The van der Waals surface area contributed by atoms with E-state index in [2.05, 4.69) is 6.07 Å². The molecule has 1 nitrogen and oxygen atoms in total. The number of aldehydes is 1. The maximum absolute atomic E-state index is 10.0. The van der Waals surface area contributed by atoms with Crippen LogP contribution in [0.25, 0.3) is 0 Å². The third-order valence-electron chi connectivity index (χ3n) is 1.31. The lowest BCUT2D eigenvalue weighted by Gasteiger charge is -1.97. The van der Waals surface area contributed by atoms with Gasteiger partial charge in [0.2, 0.25) is 0 Å². The highest BCUT2D eigenvalue weighted by Gasteiger charge is 1.91. The molecule has 11 heavy (non-hydrogen) atoms. The van der Waals surface area contributed by atoms with Gasteiger partial charge in [-0.1, -0.05) is 17.7 Å². The number of carbonyl (C=O) groups excluding carboxylic acids is 1. The molecule has 0 saturated carbocycles. The second kappa shape index (κ2) is 4.19. The fraction of sp³-hybridized carbons (Fsp3) is 0.222. The van der Waals surface area contributed by atoms with Crippen molar-refractivity contribution in [2.45, 2.75) is 11.8 Å². The lowest BCUT2D eigenvalue weighted by molar-refractivity contribution is -0.105. The first-order valence-electron chi connectivity index (χ1n) is 3.46. The summed E-state index contributed by atoms with van der Waals surface area (Å²) in [5.41, 5.74) is 1.24. The molecular formula is C9H10OS. The van der Waals surface area contributed by atoms with Crippen LogP contribution in [0.1, 0.15) is 5.56 Å². The number of carbonyl (C=O) groups is 1. The van der Waals surface area contributed by atoms with Crippen LogP contribution in [0.3, 0.4) is 0 Å². The summed E-state index contributed by atoms with van der Waals surface area (Å²) in [5.74, 6) is 0.545. The maximum Gasteiger partial charge on any atom is 0.130 e. The van der Waals surface area contributed by atoms with Crippen LogP contribution < -0.4 is 0 Å². The van der Waals surface area contributed by atoms with E-state index in [1.54, 1.807) is 11.8 Å². The molecule has 0 saturated heterocycles. The molecular weight excluding hydrogens is 156 g/mol. The van der Waals surface area contributed by atoms with Crippen LogP contribution in [0.2, 0.25) is 0 Å². The molecule has 0 aromatic heterocycles. The number of hydrogen-bond donors (Lipinski definition) is 0. The van der Waals surface area contributed by atoms with Crippen molar-refractivity contribution in [3.05, 3.63) is 29.8 Å². The molecule has 0 N–H and O–H groups in total. The second-order valence-corrected chi connectivity index (χ2v) is 3.39. The zero-order valence-corrected chi connectivity index (χ0v) is 7.23. The molecule has 0 radical (unpaired) electrons. The lowest BCUT2D eigenvalue weighted by Crippen LogP contribution is -1.79. The smallest absolute Gasteiger partial charge is 0.130 e.